The molecule has 1 aromatic rings. The number of alkyl halides is 3. The Bertz CT molecular complexity index is 590. The number of nitrogen functional groups attached to an aromatic ring is 1. The van der Waals surface area contributed by atoms with Crippen molar-refractivity contribution >= 4 is 32.2 Å². The molecule has 0 unspecified atom stereocenters. The van der Waals surface area contributed by atoms with Crippen LogP contribution < -0.4 is 11.1 Å². The first-order chi connectivity index (χ1) is 8.63. The highest BCUT2D eigenvalue weighted by molar-refractivity contribution is 7.91. The van der Waals surface area contributed by atoms with E-state index in [0.29, 0.717) is 11.5 Å². The van der Waals surface area contributed by atoms with E-state index in [9.17, 15) is 21.6 Å². The van der Waals surface area contributed by atoms with Gasteiger partial charge in [0.05, 0.1) is 5.75 Å². The molecule has 19 heavy (non-hydrogen) atoms. The Labute approximate surface area is 112 Å². The summed E-state index contributed by atoms with van der Waals surface area (Å²) in [6, 6.07) is 0. The smallest absolute Gasteiger partial charge is 0.382 e. The van der Waals surface area contributed by atoms with Crippen LogP contribution in [0.5, 0.6) is 0 Å². The molecule has 3 N–H and O–H groups in total. The first kappa shape index (κ1) is 14.4. The molecule has 1 aromatic heterocycles. The fourth-order valence-corrected chi connectivity index (χ4v) is 3.89. The van der Waals surface area contributed by atoms with E-state index in [1.165, 1.54) is 6.92 Å². The van der Waals surface area contributed by atoms with Crippen LogP contribution in [0.3, 0.4) is 0 Å². The van der Waals surface area contributed by atoms with Crippen LogP contribution in [0.4, 0.5) is 24.0 Å². The van der Waals surface area contributed by atoms with Crippen molar-refractivity contribution in [2.75, 3.05) is 16.8 Å². The molecule has 0 spiro atoms. The molecule has 1 heterocycles. The van der Waals surface area contributed by atoms with E-state index < -0.39 is 21.6 Å². The number of sulfone groups is 1. The van der Waals surface area contributed by atoms with Crippen LogP contribution in [-0.2, 0) is 9.84 Å². The van der Waals surface area contributed by atoms with E-state index in [2.05, 4.69) is 9.69 Å². The third kappa shape index (κ3) is 2.38. The average Bonchev–Trinajstić information content (AvgIpc) is 2.97. The Hall–Kier alpha value is -1.03. The van der Waals surface area contributed by atoms with Gasteiger partial charge in [0.15, 0.2) is 15.7 Å². The highest BCUT2D eigenvalue weighted by Gasteiger charge is 2.64. The molecule has 2 rings (SSSR count). The van der Waals surface area contributed by atoms with Crippen LogP contribution in [0, 0.1) is 0 Å². The van der Waals surface area contributed by atoms with E-state index >= 15 is 0 Å². The van der Waals surface area contributed by atoms with E-state index in [-0.39, 0.29) is 34.3 Å². The van der Waals surface area contributed by atoms with E-state index in [1.807, 2.05) is 0 Å². The molecule has 0 atom stereocenters. The Morgan fingerprint density at radius 3 is 2.47 bits per heavy atom. The van der Waals surface area contributed by atoms with Crippen molar-refractivity contribution < 1.29 is 21.6 Å². The second kappa shape index (κ2) is 4.23. The Morgan fingerprint density at radius 1 is 1.47 bits per heavy atom. The number of nitrogens with one attached hydrogen (secondary N) is 1. The van der Waals surface area contributed by atoms with Crippen LogP contribution in [-0.4, -0.2) is 30.3 Å². The van der Waals surface area contributed by atoms with E-state index in [0.717, 1.165) is 0 Å². The van der Waals surface area contributed by atoms with Crippen LogP contribution in [0.2, 0.25) is 0 Å². The van der Waals surface area contributed by atoms with Crippen LogP contribution in [0.1, 0.15) is 19.8 Å². The van der Waals surface area contributed by atoms with Crippen molar-refractivity contribution in [1.29, 1.82) is 0 Å². The molecule has 1 aliphatic carbocycles. The Morgan fingerprint density at radius 2 is 2.05 bits per heavy atom. The van der Waals surface area contributed by atoms with Crippen molar-refractivity contribution in [3.63, 3.8) is 0 Å². The maximum Gasteiger partial charge on any atom is 0.411 e. The molecule has 0 bridgehead atoms. The maximum atomic E-state index is 12.8. The molecular formula is C9H12F3N3O2S2. The van der Waals surface area contributed by atoms with E-state index in [4.69, 9.17) is 5.73 Å². The van der Waals surface area contributed by atoms with Gasteiger partial charge >= 0.3 is 6.18 Å². The van der Waals surface area contributed by atoms with Gasteiger partial charge in [0.25, 0.3) is 0 Å². The van der Waals surface area contributed by atoms with Crippen molar-refractivity contribution in [1.82, 2.24) is 4.37 Å². The quantitative estimate of drug-likeness (QED) is 0.888. The van der Waals surface area contributed by atoms with Gasteiger partial charge in [-0.05, 0) is 24.4 Å². The average molecular weight is 315 g/mol. The van der Waals surface area contributed by atoms with Crippen LogP contribution in [0.15, 0.2) is 4.90 Å². The van der Waals surface area contributed by atoms with Crippen LogP contribution in [0.25, 0.3) is 0 Å². The lowest BCUT2D eigenvalue weighted by molar-refractivity contribution is -0.151. The molecule has 108 valence electrons. The third-order valence-corrected chi connectivity index (χ3v) is 5.71. The first-order valence-electron chi connectivity index (χ1n) is 5.46. The minimum Gasteiger partial charge on any atom is -0.382 e. The summed E-state index contributed by atoms with van der Waals surface area (Å²) in [6.45, 7) is 1.40. The molecule has 5 nitrogen and oxygen atoms in total. The highest BCUT2D eigenvalue weighted by Crippen LogP contribution is 2.52. The number of halogens is 3. The first-order valence-corrected chi connectivity index (χ1v) is 7.88. The lowest BCUT2D eigenvalue weighted by Crippen LogP contribution is -2.38. The summed E-state index contributed by atoms with van der Waals surface area (Å²) in [6.07, 6.45) is -4.60. The Kier molecular flexibility index (Phi) is 3.21. The zero-order valence-electron chi connectivity index (χ0n) is 9.91. The number of nitrogens with two attached hydrogens (primary N) is 1. The summed E-state index contributed by atoms with van der Waals surface area (Å²) in [5.41, 5.74) is 3.41. The third-order valence-electron chi connectivity index (χ3n) is 3.01. The summed E-state index contributed by atoms with van der Waals surface area (Å²) in [7, 11) is -3.71. The van der Waals surface area contributed by atoms with Crippen molar-refractivity contribution in [3.05, 3.63) is 0 Å². The van der Waals surface area contributed by atoms with Crippen molar-refractivity contribution in [2.24, 2.45) is 0 Å². The number of hydrogen-bond donors (Lipinski definition) is 2. The van der Waals surface area contributed by atoms with Gasteiger partial charge in [-0.1, -0.05) is 6.92 Å². The molecule has 0 amide bonds. The lowest BCUT2D eigenvalue weighted by Gasteiger charge is -2.21. The summed E-state index contributed by atoms with van der Waals surface area (Å²) in [5, 5.41) is 2.14. The van der Waals surface area contributed by atoms with Gasteiger partial charge in [0.1, 0.15) is 15.4 Å². The predicted octanol–water partition coefficient (Wildman–Crippen LogP) is 2.03. The molecule has 0 saturated heterocycles. The SMILES string of the molecule is CCS(=O)(=O)c1c(N)nsc1NC1(C(F)(F)F)CC1. The second-order valence-corrected chi connectivity index (χ2v) is 7.32. The summed E-state index contributed by atoms with van der Waals surface area (Å²) in [5.74, 6) is -0.504. The van der Waals surface area contributed by atoms with E-state index in [1.54, 1.807) is 0 Å². The normalized spacial score (nSPS) is 18.3. The van der Waals surface area contributed by atoms with Gasteiger partial charge in [-0.2, -0.15) is 17.5 Å². The number of nitrogens with zero attached hydrogens (tertiary/aromatic N) is 1. The lowest BCUT2D eigenvalue weighted by atomic mass is 10.2. The summed E-state index contributed by atoms with van der Waals surface area (Å²) >= 11 is 0.636. The molecule has 1 fully saturated rings. The molecule has 0 aromatic carbocycles. The summed E-state index contributed by atoms with van der Waals surface area (Å²) in [4.78, 5) is -0.324. The Balaban J connectivity index is 2.39. The molecule has 10 heteroatoms. The number of aromatic nitrogens is 1. The number of anilines is 2. The standard InChI is InChI=1S/C9H12F3N3O2S2/c1-2-19(16,17)5-6(13)15-18-7(5)14-8(3-4-8)9(10,11)12/h14H,2-4H2,1H3,(H2,13,15). The van der Waals surface area contributed by atoms with Gasteiger partial charge in [0.2, 0.25) is 0 Å². The fraction of sp³-hybridized carbons (Fsp3) is 0.667. The van der Waals surface area contributed by atoms with Crippen LogP contribution >= 0.6 is 11.5 Å². The van der Waals surface area contributed by atoms with Crippen molar-refractivity contribution in [3.8, 4) is 0 Å². The van der Waals surface area contributed by atoms with Crippen molar-refractivity contribution in [2.45, 2.75) is 36.4 Å². The minimum absolute atomic E-state index is 0.0834. The topological polar surface area (TPSA) is 85.1 Å². The van der Waals surface area contributed by atoms with Gasteiger partial charge in [-0.25, -0.2) is 8.42 Å². The molecule has 0 radical (unpaired) electrons. The monoisotopic (exact) mass is 315 g/mol. The maximum absolute atomic E-state index is 12.8. The predicted molar refractivity (Wildman–Crippen MR) is 65.9 cm³/mol. The van der Waals surface area contributed by atoms with Gasteiger partial charge in [0, 0.05) is 0 Å². The summed E-state index contributed by atoms with van der Waals surface area (Å²) < 4.78 is 65.8. The molecule has 0 aliphatic heterocycles. The molecule has 1 saturated carbocycles. The molecule has 1 aliphatic rings. The van der Waals surface area contributed by atoms with Gasteiger partial charge in [-0.3, -0.25) is 0 Å². The fourth-order valence-electron chi connectivity index (χ4n) is 1.64. The highest BCUT2D eigenvalue weighted by atomic mass is 32.2. The number of hydrogen-bond acceptors (Lipinski definition) is 6. The number of rotatable bonds is 4. The zero-order valence-corrected chi connectivity index (χ0v) is 11.5. The second-order valence-electron chi connectivity index (χ2n) is 4.33. The van der Waals surface area contributed by atoms with Gasteiger partial charge in [-0.15, -0.1) is 0 Å². The molecular weight excluding hydrogens is 303 g/mol. The van der Waals surface area contributed by atoms with Gasteiger partial charge < -0.3 is 11.1 Å². The minimum atomic E-state index is -4.43. The zero-order chi connectivity index (χ0) is 14.5. The largest absolute Gasteiger partial charge is 0.411 e.